The van der Waals surface area contributed by atoms with Crippen molar-refractivity contribution in [3.8, 4) is 34.9 Å². The molecule has 4 rings (SSSR count). The van der Waals surface area contributed by atoms with Crippen molar-refractivity contribution in [3.05, 3.63) is 45.8 Å². The van der Waals surface area contributed by atoms with E-state index in [0.29, 0.717) is 38.6 Å². The van der Waals surface area contributed by atoms with E-state index in [0.717, 1.165) is 18.4 Å². The second kappa shape index (κ2) is 9.09. The predicted octanol–water partition coefficient (Wildman–Crippen LogP) is 3.74. The number of carbonyl (C=O) groups excluding carboxylic acids is 1. The van der Waals surface area contributed by atoms with Crippen molar-refractivity contribution in [1.29, 1.82) is 5.26 Å². The van der Waals surface area contributed by atoms with E-state index in [4.69, 9.17) is 21.6 Å². The van der Waals surface area contributed by atoms with Crippen molar-refractivity contribution in [2.24, 2.45) is 5.92 Å². The summed E-state index contributed by atoms with van der Waals surface area (Å²) in [6.45, 7) is 0. The highest BCUT2D eigenvalue weighted by atomic mass is 35.5. The Morgan fingerprint density at radius 3 is 2.97 bits per heavy atom. The van der Waals surface area contributed by atoms with E-state index in [-0.39, 0.29) is 11.7 Å². The Kier molecular flexibility index (Phi) is 6.08. The minimum atomic E-state index is -0.409. The molecule has 1 saturated carbocycles. The van der Waals surface area contributed by atoms with Crippen LogP contribution in [0.5, 0.6) is 5.75 Å². The van der Waals surface area contributed by atoms with Crippen LogP contribution < -0.4 is 10.1 Å². The van der Waals surface area contributed by atoms with E-state index in [1.807, 2.05) is 0 Å². The van der Waals surface area contributed by atoms with E-state index in [1.54, 1.807) is 18.2 Å². The molecule has 0 bridgehead atoms. The standard InChI is InChI=1S/C21H15ClN6O2S/c1-30-16-11-24-20(22)25-18(16)15-10-13(8-9-23)4-6-14(15)19(29)26-21-28-27-17(31-21)7-5-12-2-3-12/h4,6,10-12H,2-3,8H2,1H3,(H,26,28,29). The third-order valence-electron chi connectivity index (χ3n) is 4.42. The van der Waals surface area contributed by atoms with Crippen LogP contribution in [0.15, 0.2) is 24.4 Å². The zero-order valence-electron chi connectivity index (χ0n) is 16.3. The fraction of sp³-hybridized carbons (Fsp3) is 0.238. The maximum Gasteiger partial charge on any atom is 0.258 e. The molecule has 1 N–H and O–H groups in total. The zero-order valence-corrected chi connectivity index (χ0v) is 17.9. The van der Waals surface area contributed by atoms with E-state index >= 15 is 0 Å². The number of amides is 1. The third kappa shape index (κ3) is 4.97. The normalized spacial score (nSPS) is 12.4. The van der Waals surface area contributed by atoms with Gasteiger partial charge >= 0.3 is 0 Å². The van der Waals surface area contributed by atoms with Crippen molar-refractivity contribution in [1.82, 2.24) is 20.2 Å². The van der Waals surface area contributed by atoms with Crippen LogP contribution in [0.2, 0.25) is 5.28 Å². The lowest BCUT2D eigenvalue weighted by Gasteiger charge is -2.13. The molecular formula is C21H15ClN6O2S. The summed E-state index contributed by atoms with van der Waals surface area (Å²) in [5.74, 6) is 6.49. The lowest BCUT2D eigenvalue weighted by molar-refractivity contribution is 0.102. The van der Waals surface area contributed by atoms with Crippen LogP contribution in [0.25, 0.3) is 11.3 Å². The number of hydrogen-bond donors (Lipinski definition) is 1. The summed E-state index contributed by atoms with van der Waals surface area (Å²) in [6, 6.07) is 7.15. The van der Waals surface area contributed by atoms with Crippen LogP contribution in [-0.4, -0.2) is 33.2 Å². The second-order valence-corrected chi connectivity index (χ2v) is 8.00. The first kappa shape index (κ1) is 20.7. The van der Waals surface area contributed by atoms with Crippen LogP contribution >= 0.6 is 22.9 Å². The van der Waals surface area contributed by atoms with Gasteiger partial charge in [0.25, 0.3) is 5.91 Å². The number of ether oxygens (including phenoxy) is 1. The number of nitriles is 1. The highest BCUT2D eigenvalue weighted by molar-refractivity contribution is 7.15. The van der Waals surface area contributed by atoms with Gasteiger partial charge in [0.1, 0.15) is 5.69 Å². The number of benzene rings is 1. The van der Waals surface area contributed by atoms with Crippen LogP contribution in [0, 0.1) is 29.1 Å². The van der Waals surface area contributed by atoms with Gasteiger partial charge < -0.3 is 4.74 Å². The number of anilines is 1. The monoisotopic (exact) mass is 450 g/mol. The first-order valence-electron chi connectivity index (χ1n) is 9.30. The van der Waals surface area contributed by atoms with E-state index < -0.39 is 5.91 Å². The number of nitrogens with zero attached hydrogens (tertiary/aromatic N) is 5. The van der Waals surface area contributed by atoms with Crippen LogP contribution in [0.4, 0.5) is 5.13 Å². The Bertz CT molecular complexity index is 1250. The maximum absolute atomic E-state index is 13.1. The minimum absolute atomic E-state index is 0.0100. The molecule has 1 aromatic carbocycles. The van der Waals surface area contributed by atoms with Crippen molar-refractivity contribution in [3.63, 3.8) is 0 Å². The average molecular weight is 451 g/mol. The van der Waals surface area contributed by atoms with Crippen molar-refractivity contribution >= 4 is 34.0 Å². The van der Waals surface area contributed by atoms with Crippen molar-refractivity contribution < 1.29 is 9.53 Å². The van der Waals surface area contributed by atoms with Gasteiger partial charge in [0, 0.05) is 17.0 Å². The Morgan fingerprint density at radius 2 is 2.23 bits per heavy atom. The van der Waals surface area contributed by atoms with E-state index in [2.05, 4.69) is 43.4 Å². The molecule has 1 amide bonds. The molecule has 0 unspecified atom stereocenters. The summed E-state index contributed by atoms with van der Waals surface area (Å²) < 4.78 is 5.35. The summed E-state index contributed by atoms with van der Waals surface area (Å²) in [7, 11) is 1.47. The maximum atomic E-state index is 13.1. The number of hydrogen-bond acceptors (Lipinski definition) is 8. The largest absolute Gasteiger partial charge is 0.493 e. The highest BCUT2D eigenvalue weighted by Crippen LogP contribution is 2.32. The van der Waals surface area contributed by atoms with Gasteiger partial charge in [0.05, 0.1) is 25.8 Å². The lowest BCUT2D eigenvalue weighted by Crippen LogP contribution is -2.14. The van der Waals surface area contributed by atoms with Crippen LogP contribution in [0.3, 0.4) is 0 Å². The molecule has 1 fully saturated rings. The molecule has 154 valence electrons. The lowest BCUT2D eigenvalue weighted by atomic mass is 9.98. The van der Waals surface area contributed by atoms with E-state index in [1.165, 1.54) is 24.6 Å². The number of halogens is 1. The number of aromatic nitrogens is 4. The Hall–Kier alpha value is -3.53. The predicted molar refractivity (Wildman–Crippen MR) is 116 cm³/mol. The molecule has 0 radical (unpaired) electrons. The fourth-order valence-corrected chi connectivity index (χ4v) is 3.49. The second-order valence-electron chi connectivity index (χ2n) is 6.68. The van der Waals surface area contributed by atoms with Gasteiger partial charge in [-0.15, -0.1) is 10.2 Å². The molecule has 10 heteroatoms. The first-order chi connectivity index (χ1) is 15.1. The molecule has 0 atom stereocenters. The molecule has 0 saturated heterocycles. The SMILES string of the molecule is COc1cnc(Cl)nc1-c1cc(CC#N)ccc1C(=O)Nc1nnc(C#CC2CC2)s1. The summed E-state index contributed by atoms with van der Waals surface area (Å²) >= 11 is 7.19. The van der Waals surface area contributed by atoms with Gasteiger partial charge in [0.2, 0.25) is 10.4 Å². The molecule has 31 heavy (non-hydrogen) atoms. The summed E-state index contributed by atoms with van der Waals surface area (Å²) in [5.41, 5.74) is 1.85. The molecule has 0 aliphatic heterocycles. The van der Waals surface area contributed by atoms with Gasteiger partial charge in [-0.2, -0.15) is 5.26 Å². The molecule has 2 aromatic heterocycles. The molecule has 1 aliphatic rings. The molecule has 1 aliphatic carbocycles. The van der Waals surface area contributed by atoms with Crippen molar-refractivity contribution in [2.45, 2.75) is 19.3 Å². The zero-order chi connectivity index (χ0) is 21.8. The number of carbonyl (C=O) groups is 1. The third-order valence-corrected chi connectivity index (χ3v) is 5.35. The quantitative estimate of drug-likeness (QED) is 0.465. The fourth-order valence-electron chi connectivity index (χ4n) is 2.76. The number of methoxy groups -OCH3 is 1. The number of rotatable bonds is 5. The topological polar surface area (TPSA) is 114 Å². The van der Waals surface area contributed by atoms with Crippen LogP contribution in [-0.2, 0) is 6.42 Å². The summed E-state index contributed by atoms with van der Waals surface area (Å²) in [6.07, 6.45) is 3.85. The smallest absolute Gasteiger partial charge is 0.258 e. The van der Waals surface area contributed by atoms with E-state index in [9.17, 15) is 4.79 Å². The minimum Gasteiger partial charge on any atom is -0.493 e. The molecular weight excluding hydrogens is 436 g/mol. The van der Waals surface area contributed by atoms with Crippen LogP contribution in [0.1, 0.15) is 33.8 Å². The van der Waals surface area contributed by atoms with Gasteiger partial charge in [-0.3, -0.25) is 10.1 Å². The van der Waals surface area contributed by atoms with Gasteiger partial charge in [-0.05, 0) is 48.1 Å². The molecule has 8 nitrogen and oxygen atoms in total. The summed E-state index contributed by atoms with van der Waals surface area (Å²) in [5, 5.41) is 20.7. The molecule has 2 heterocycles. The Balaban J connectivity index is 1.68. The Morgan fingerprint density at radius 1 is 1.39 bits per heavy atom. The molecule has 0 spiro atoms. The average Bonchev–Trinajstić information content (AvgIpc) is 3.50. The van der Waals surface area contributed by atoms with Gasteiger partial charge in [0.15, 0.2) is 10.8 Å². The Labute approximate surface area is 187 Å². The first-order valence-corrected chi connectivity index (χ1v) is 10.5. The van der Waals surface area contributed by atoms with Crippen molar-refractivity contribution in [2.75, 3.05) is 12.4 Å². The number of nitrogens with one attached hydrogen (secondary N) is 1. The van der Waals surface area contributed by atoms with Gasteiger partial charge in [-0.1, -0.05) is 23.3 Å². The van der Waals surface area contributed by atoms with Gasteiger partial charge in [-0.25, -0.2) is 9.97 Å². The molecule has 3 aromatic rings. The summed E-state index contributed by atoms with van der Waals surface area (Å²) in [4.78, 5) is 21.2. The highest BCUT2D eigenvalue weighted by Gasteiger charge is 2.21.